The van der Waals surface area contributed by atoms with Gasteiger partial charge in [-0.05, 0) is 61.1 Å². The quantitative estimate of drug-likeness (QED) is 0.524. The number of aromatic nitrogens is 4. The standard InChI is InChI=1S/C24H23N5O/c30-24(28-12-9-18(10-13-28)14-19-4-3-11-25-15-19)20-7-8-23(26-16-20)29-17-27-21-5-1-2-6-22(21)29/h1-8,11,15-18H,9-10,12-14H2. The second kappa shape index (κ2) is 8.06. The van der Waals surface area contributed by atoms with Crippen molar-refractivity contribution in [2.75, 3.05) is 13.1 Å². The normalized spacial score (nSPS) is 14.9. The third-order valence-corrected chi connectivity index (χ3v) is 5.84. The number of benzene rings is 1. The molecule has 1 aliphatic rings. The van der Waals surface area contributed by atoms with Gasteiger partial charge in [-0.1, -0.05) is 18.2 Å². The Morgan fingerprint density at radius 2 is 1.83 bits per heavy atom. The maximum absolute atomic E-state index is 12.9. The number of pyridine rings is 2. The molecule has 1 amide bonds. The van der Waals surface area contributed by atoms with Crippen molar-refractivity contribution < 1.29 is 4.79 Å². The van der Waals surface area contributed by atoms with E-state index in [2.05, 4.69) is 21.0 Å². The predicted octanol–water partition coefficient (Wildman–Crippen LogP) is 3.91. The number of para-hydroxylation sites is 2. The van der Waals surface area contributed by atoms with E-state index in [4.69, 9.17) is 0 Å². The Kier molecular flexibility index (Phi) is 4.97. The molecule has 0 aliphatic carbocycles. The van der Waals surface area contributed by atoms with Crippen molar-refractivity contribution >= 4 is 16.9 Å². The molecule has 1 fully saturated rings. The molecule has 30 heavy (non-hydrogen) atoms. The first-order valence-corrected chi connectivity index (χ1v) is 10.3. The van der Waals surface area contributed by atoms with E-state index in [9.17, 15) is 4.79 Å². The molecule has 4 aromatic rings. The Bertz CT molecular complexity index is 1150. The van der Waals surface area contributed by atoms with Gasteiger partial charge in [0.05, 0.1) is 16.6 Å². The molecule has 0 atom stereocenters. The summed E-state index contributed by atoms with van der Waals surface area (Å²) in [4.78, 5) is 28.0. The van der Waals surface area contributed by atoms with E-state index in [1.54, 1.807) is 18.7 Å². The molecular formula is C24H23N5O. The maximum atomic E-state index is 12.9. The van der Waals surface area contributed by atoms with Crippen molar-refractivity contribution in [1.29, 1.82) is 0 Å². The zero-order chi connectivity index (χ0) is 20.3. The van der Waals surface area contributed by atoms with E-state index in [0.717, 1.165) is 49.2 Å². The Hall–Kier alpha value is -3.54. The van der Waals surface area contributed by atoms with Crippen LogP contribution in [0.2, 0.25) is 0 Å². The van der Waals surface area contributed by atoms with Crippen molar-refractivity contribution in [3.05, 3.63) is 84.6 Å². The van der Waals surface area contributed by atoms with E-state index in [0.29, 0.717) is 11.5 Å². The average molecular weight is 397 g/mol. The Labute approximate surface area is 175 Å². The van der Waals surface area contributed by atoms with Gasteiger partial charge in [0.15, 0.2) is 0 Å². The van der Waals surface area contributed by atoms with Crippen LogP contribution in [-0.2, 0) is 6.42 Å². The van der Waals surface area contributed by atoms with Gasteiger partial charge in [-0.2, -0.15) is 0 Å². The number of hydrogen-bond acceptors (Lipinski definition) is 4. The number of piperidine rings is 1. The maximum Gasteiger partial charge on any atom is 0.255 e. The molecule has 1 aliphatic heterocycles. The van der Waals surface area contributed by atoms with Crippen molar-refractivity contribution in [3.8, 4) is 5.82 Å². The summed E-state index contributed by atoms with van der Waals surface area (Å²) in [6.07, 6.45) is 10.3. The summed E-state index contributed by atoms with van der Waals surface area (Å²) in [5, 5.41) is 0. The molecule has 6 heteroatoms. The third-order valence-electron chi connectivity index (χ3n) is 5.84. The largest absolute Gasteiger partial charge is 0.339 e. The molecule has 0 bridgehead atoms. The summed E-state index contributed by atoms with van der Waals surface area (Å²) >= 11 is 0. The number of amides is 1. The molecule has 0 saturated carbocycles. The molecule has 6 nitrogen and oxygen atoms in total. The Morgan fingerprint density at radius 3 is 2.60 bits per heavy atom. The van der Waals surface area contributed by atoms with E-state index >= 15 is 0 Å². The van der Waals surface area contributed by atoms with Crippen LogP contribution >= 0.6 is 0 Å². The first-order chi connectivity index (χ1) is 14.8. The van der Waals surface area contributed by atoms with Gasteiger partial charge < -0.3 is 4.90 Å². The zero-order valence-electron chi connectivity index (χ0n) is 16.7. The molecule has 1 saturated heterocycles. The highest BCUT2D eigenvalue weighted by Gasteiger charge is 2.24. The number of nitrogens with zero attached hydrogens (tertiary/aromatic N) is 5. The van der Waals surface area contributed by atoms with Crippen molar-refractivity contribution in [3.63, 3.8) is 0 Å². The number of hydrogen-bond donors (Lipinski definition) is 0. The number of imidazole rings is 1. The van der Waals surface area contributed by atoms with E-state index in [1.165, 1.54) is 5.56 Å². The highest BCUT2D eigenvalue weighted by Crippen LogP contribution is 2.23. The lowest BCUT2D eigenvalue weighted by atomic mass is 9.90. The van der Waals surface area contributed by atoms with Crippen LogP contribution in [0, 0.1) is 5.92 Å². The lowest BCUT2D eigenvalue weighted by Gasteiger charge is -2.32. The summed E-state index contributed by atoms with van der Waals surface area (Å²) in [6, 6.07) is 15.8. The van der Waals surface area contributed by atoms with Gasteiger partial charge in [-0.3, -0.25) is 14.3 Å². The first-order valence-electron chi connectivity index (χ1n) is 10.3. The van der Waals surface area contributed by atoms with Crippen LogP contribution in [0.4, 0.5) is 0 Å². The molecule has 1 aromatic carbocycles. The highest BCUT2D eigenvalue weighted by atomic mass is 16.2. The van der Waals surface area contributed by atoms with Crippen molar-refractivity contribution in [2.45, 2.75) is 19.3 Å². The minimum Gasteiger partial charge on any atom is -0.339 e. The zero-order valence-corrected chi connectivity index (χ0v) is 16.7. The summed E-state index contributed by atoms with van der Waals surface area (Å²) in [5.41, 5.74) is 3.83. The molecule has 0 N–H and O–H groups in total. The molecule has 0 radical (unpaired) electrons. The van der Waals surface area contributed by atoms with Crippen LogP contribution in [0.15, 0.2) is 73.4 Å². The minimum absolute atomic E-state index is 0.0596. The minimum atomic E-state index is 0.0596. The predicted molar refractivity (Wildman–Crippen MR) is 115 cm³/mol. The van der Waals surface area contributed by atoms with Gasteiger partial charge in [-0.25, -0.2) is 9.97 Å². The van der Waals surface area contributed by atoms with Crippen LogP contribution in [0.3, 0.4) is 0 Å². The second-order valence-corrected chi connectivity index (χ2v) is 7.81. The monoisotopic (exact) mass is 397 g/mol. The molecule has 4 heterocycles. The number of carbonyl (C=O) groups is 1. The lowest BCUT2D eigenvalue weighted by molar-refractivity contribution is 0.0690. The van der Waals surface area contributed by atoms with Crippen molar-refractivity contribution in [2.24, 2.45) is 5.92 Å². The van der Waals surface area contributed by atoms with E-state index < -0.39 is 0 Å². The molecule has 5 rings (SSSR count). The van der Waals surface area contributed by atoms with Gasteiger partial charge >= 0.3 is 0 Å². The third kappa shape index (κ3) is 3.68. The summed E-state index contributed by atoms with van der Waals surface area (Å²) in [7, 11) is 0. The van der Waals surface area contributed by atoms with Gasteiger partial charge in [0, 0.05) is 31.7 Å². The van der Waals surface area contributed by atoms with Crippen LogP contribution < -0.4 is 0 Å². The lowest BCUT2D eigenvalue weighted by Crippen LogP contribution is -2.39. The van der Waals surface area contributed by atoms with Crippen molar-refractivity contribution in [1.82, 2.24) is 24.4 Å². The molecular weight excluding hydrogens is 374 g/mol. The van der Waals surface area contributed by atoms with Gasteiger partial charge in [0.25, 0.3) is 5.91 Å². The molecule has 150 valence electrons. The fourth-order valence-electron chi connectivity index (χ4n) is 4.17. The second-order valence-electron chi connectivity index (χ2n) is 7.81. The SMILES string of the molecule is O=C(c1ccc(-n2cnc3ccccc32)nc1)N1CCC(Cc2cccnc2)CC1. The summed E-state index contributed by atoms with van der Waals surface area (Å²) in [5.74, 6) is 1.42. The van der Waals surface area contributed by atoms with Crippen LogP contribution in [0.25, 0.3) is 16.9 Å². The van der Waals surface area contributed by atoms with Crippen LogP contribution in [-0.4, -0.2) is 43.4 Å². The molecule has 0 unspecified atom stereocenters. The van der Waals surface area contributed by atoms with Crippen LogP contribution in [0.1, 0.15) is 28.8 Å². The topological polar surface area (TPSA) is 63.9 Å². The number of fused-ring (bicyclic) bond motifs is 1. The van der Waals surface area contributed by atoms with E-state index in [-0.39, 0.29) is 5.91 Å². The first kappa shape index (κ1) is 18.5. The Morgan fingerprint density at radius 1 is 0.967 bits per heavy atom. The Balaban J connectivity index is 1.24. The van der Waals surface area contributed by atoms with Gasteiger partial charge in [-0.15, -0.1) is 0 Å². The number of likely N-dealkylation sites (tertiary alicyclic amines) is 1. The van der Waals surface area contributed by atoms with Crippen LogP contribution in [0.5, 0.6) is 0 Å². The number of rotatable bonds is 4. The molecule has 0 spiro atoms. The highest BCUT2D eigenvalue weighted by molar-refractivity contribution is 5.94. The fourth-order valence-corrected chi connectivity index (χ4v) is 4.17. The van der Waals surface area contributed by atoms with Gasteiger partial charge in [0.1, 0.15) is 12.1 Å². The molecule has 3 aromatic heterocycles. The smallest absolute Gasteiger partial charge is 0.255 e. The van der Waals surface area contributed by atoms with Gasteiger partial charge in [0.2, 0.25) is 0 Å². The average Bonchev–Trinajstić information content (AvgIpc) is 3.24. The number of carbonyl (C=O) groups excluding carboxylic acids is 1. The fraction of sp³-hybridized carbons (Fsp3) is 0.250. The summed E-state index contributed by atoms with van der Waals surface area (Å²) in [6.45, 7) is 1.58. The summed E-state index contributed by atoms with van der Waals surface area (Å²) < 4.78 is 1.94. The van der Waals surface area contributed by atoms with E-state index in [1.807, 2.05) is 58.1 Å².